The number of ether oxygens (including phenoxy) is 1. The lowest BCUT2D eigenvalue weighted by Gasteiger charge is -2.38. The van der Waals surface area contributed by atoms with E-state index in [0.29, 0.717) is 65.6 Å². The Labute approximate surface area is 224 Å². The Hall–Kier alpha value is -3.49. The third-order valence-electron chi connectivity index (χ3n) is 7.93. The molecular weight excluding hydrogens is 506 g/mol. The first-order valence-electron chi connectivity index (χ1n) is 13.0. The van der Waals surface area contributed by atoms with Gasteiger partial charge in [0, 0.05) is 31.1 Å². The maximum absolute atomic E-state index is 14.0. The number of carbonyl (C=O) groups excluding carboxylic acids is 2. The van der Waals surface area contributed by atoms with Crippen molar-refractivity contribution in [1.29, 1.82) is 0 Å². The van der Waals surface area contributed by atoms with Gasteiger partial charge >= 0.3 is 5.97 Å². The molecular formula is C29H28ClN3O5. The normalized spacial score (nSPS) is 19.8. The van der Waals surface area contributed by atoms with Crippen LogP contribution in [-0.2, 0) is 9.53 Å². The molecule has 0 bridgehead atoms. The number of aromatic nitrogens is 2. The lowest BCUT2D eigenvalue weighted by Crippen LogP contribution is -2.54. The molecule has 2 aromatic carbocycles. The molecule has 1 aromatic heterocycles. The molecule has 196 valence electrons. The van der Waals surface area contributed by atoms with Crippen molar-refractivity contribution in [3.05, 3.63) is 69.9 Å². The lowest BCUT2D eigenvalue weighted by atomic mass is 9.87. The van der Waals surface area contributed by atoms with Crippen molar-refractivity contribution >= 4 is 45.9 Å². The standard InChI is InChI=1S/C29H28ClN3O5/c1-38-20-14-32(15-20)27(34)19-11-12-22-24(13-19)33(31-26(22)17-7-9-18(10-8-17)29(36)37)28(35)25-21(16-5-6-16)3-2-4-23(25)30/h2-4,7,11-13,16,18,20H,5-6,8-10,14-15H2,1H3,(H,36,37). The van der Waals surface area contributed by atoms with Crippen molar-refractivity contribution in [2.45, 2.75) is 44.1 Å². The van der Waals surface area contributed by atoms with Gasteiger partial charge in [-0.1, -0.05) is 29.8 Å². The maximum Gasteiger partial charge on any atom is 0.306 e. The second kappa shape index (κ2) is 9.67. The average Bonchev–Trinajstić information content (AvgIpc) is 3.67. The molecule has 3 aromatic rings. The monoisotopic (exact) mass is 533 g/mol. The number of nitrogens with zero attached hydrogens (tertiary/aromatic N) is 3. The summed E-state index contributed by atoms with van der Waals surface area (Å²) in [5.41, 5.74) is 3.91. The molecule has 0 radical (unpaired) electrons. The average molecular weight is 534 g/mol. The number of amides is 1. The summed E-state index contributed by atoms with van der Waals surface area (Å²) < 4.78 is 6.67. The van der Waals surface area contributed by atoms with Crippen LogP contribution in [0.3, 0.4) is 0 Å². The SMILES string of the molecule is COC1CN(C(=O)c2ccc3c(C4=CCC(C(=O)O)CC4)nn(C(=O)c4c(Cl)cccc4C4CC4)c3c2)C1. The van der Waals surface area contributed by atoms with Gasteiger partial charge in [0.1, 0.15) is 0 Å². The van der Waals surface area contributed by atoms with Crippen LogP contribution in [0, 0.1) is 5.92 Å². The Morgan fingerprint density at radius 3 is 2.53 bits per heavy atom. The zero-order valence-electron chi connectivity index (χ0n) is 21.0. The van der Waals surface area contributed by atoms with E-state index in [-0.39, 0.29) is 17.9 Å². The van der Waals surface area contributed by atoms with E-state index in [2.05, 4.69) is 0 Å². The second-order valence-corrected chi connectivity index (χ2v) is 10.8. The van der Waals surface area contributed by atoms with Gasteiger partial charge in [0.2, 0.25) is 0 Å². The topological polar surface area (TPSA) is 102 Å². The summed E-state index contributed by atoms with van der Waals surface area (Å²) >= 11 is 6.57. The van der Waals surface area contributed by atoms with E-state index in [1.807, 2.05) is 24.3 Å². The van der Waals surface area contributed by atoms with E-state index >= 15 is 0 Å². The number of carboxylic acid groups (broad SMARTS) is 1. The molecule has 2 fully saturated rings. The first-order valence-corrected chi connectivity index (χ1v) is 13.3. The molecule has 3 aliphatic rings. The highest BCUT2D eigenvalue weighted by Crippen LogP contribution is 2.43. The molecule has 8 nitrogen and oxygen atoms in total. The van der Waals surface area contributed by atoms with Gasteiger partial charge in [-0.3, -0.25) is 14.4 Å². The minimum atomic E-state index is -0.804. The molecule has 1 atom stereocenters. The Balaban J connectivity index is 1.45. The number of halogens is 1. The van der Waals surface area contributed by atoms with E-state index < -0.39 is 11.9 Å². The summed E-state index contributed by atoms with van der Waals surface area (Å²) in [6, 6.07) is 10.9. The van der Waals surface area contributed by atoms with Gasteiger partial charge in [0.25, 0.3) is 11.8 Å². The minimum Gasteiger partial charge on any atom is -0.481 e. The molecule has 6 rings (SSSR count). The van der Waals surface area contributed by atoms with Crippen LogP contribution in [0.25, 0.3) is 16.5 Å². The highest BCUT2D eigenvalue weighted by atomic mass is 35.5. The van der Waals surface area contributed by atoms with Crippen LogP contribution in [0.5, 0.6) is 0 Å². The smallest absolute Gasteiger partial charge is 0.306 e. The predicted octanol–water partition coefficient (Wildman–Crippen LogP) is 4.99. The minimum absolute atomic E-state index is 0.0373. The summed E-state index contributed by atoms with van der Waals surface area (Å²) in [4.78, 5) is 40.4. The Bertz CT molecular complexity index is 1500. The number of aliphatic carboxylic acids is 1. The largest absolute Gasteiger partial charge is 0.481 e. The molecule has 38 heavy (non-hydrogen) atoms. The molecule has 1 unspecified atom stereocenters. The number of rotatable bonds is 6. The fourth-order valence-electron chi connectivity index (χ4n) is 5.46. The van der Waals surface area contributed by atoms with Crippen LogP contribution in [-0.4, -0.2) is 63.9 Å². The van der Waals surface area contributed by atoms with Gasteiger partial charge in [-0.2, -0.15) is 9.78 Å². The van der Waals surface area contributed by atoms with Crippen molar-refractivity contribution in [2.24, 2.45) is 5.92 Å². The number of likely N-dealkylation sites (tertiary alicyclic amines) is 1. The second-order valence-electron chi connectivity index (χ2n) is 10.4. The van der Waals surface area contributed by atoms with E-state index in [1.54, 1.807) is 30.2 Å². The molecule has 2 aliphatic carbocycles. The van der Waals surface area contributed by atoms with E-state index in [4.69, 9.17) is 21.4 Å². The third kappa shape index (κ3) is 4.31. The number of hydrogen-bond donors (Lipinski definition) is 1. The highest BCUT2D eigenvalue weighted by Gasteiger charge is 2.34. The summed E-state index contributed by atoms with van der Waals surface area (Å²) in [6.07, 6.45) is 5.44. The number of carboxylic acids is 1. The molecule has 1 saturated carbocycles. The molecule has 1 aliphatic heterocycles. The van der Waals surface area contributed by atoms with Crippen LogP contribution >= 0.6 is 11.6 Å². The van der Waals surface area contributed by atoms with Crippen LogP contribution in [0.15, 0.2) is 42.5 Å². The van der Waals surface area contributed by atoms with Crippen molar-refractivity contribution in [1.82, 2.24) is 14.7 Å². The summed E-state index contributed by atoms with van der Waals surface area (Å²) in [5.74, 6) is -1.38. The predicted molar refractivity (Wildman–Crippen MR) is 143 cm³/mol. The maximum atomic E-state index is 14.0. The zero-order chi connectivity index (χ0) is 26.6. The Morgan fingerprint density at radius 1 is 1.08 bits per heavy atom. The van der Waals surface area contributed by atoms with E-state index in [0.717, 1.165) is 29.4 Å². The van der Waals surface area contributed by atoms with Gasteiger partial charge in [-0.05, 0) is 73.4 Å². The van der Waals surface area contributed by atoms with Gasteiger partial charge < -0.3 is 14.7 Å². The highest BCUT2D eigenvalue weighted by molar-refractivity contribution is 6.34. The van der Waals surface area contributed by atoms with Gasteiger partial charge in [0.15, 0.2) is 0 Å². The van der Waals surface area contributed by atoms with Crippen molar-refractivity contribution < 1.29 is 24.2 Å². The number of methoxy groups -OCH3 is 1. The van der Waals surface area contributed by atoms with Crippen LogP contribution < -0.4 is 0 Å². The molecule has 0 spiro atoms. The van der Waals surface area contributed by atoms with Crippen molar-refractivity contribution in [3.63, 3.8) is 0 Å². The number of hydrogen-bond acceptors (Lipinski definition) is 5. The van der Waals surface area contributed by atoms with Crippen molar-refractivity contribution in [3.8, 4) is 0 Å². The van der Waals surface area contributed by atoms with Crippen LogP contribution in [0.4, 0.5) is 0 Å². The molecule has 1 amide bonds. The number of allylic oxidation sites excluding steroid dienone is 2. The summed E-state index contributed by atoms with van der Waals surface area (Å²) in [7, 11) is 1.63. The molecule has 2 heterocycles. The van der Waals surface area contributed by atoms with Crippen LogP contribution in [0.2, 0.25) is 5.02 Å². The lowest BCUT2D eigenvalue weighted by molar-refractivity contribution is -0.141. The molecule has 1 N–H and O–H groups in total. The Kier molecular flexibility index (Phi) is 6.32. The number of fused-ring (bicyclic) bond motifs is 1. The summed E-state index contributed by atoms with van der Waals surface area (Å²) in [6.45, 7) is 1.05. The van der Waals surface area contributed by atoms with E-state index in [1.165, 1.54) is 4.68 Å². The first kappa shape index (κ1) is 24.8. The van der Waals surface area contributed by atoms with Crippen molar-refractivity contribution in [2.75, 3.05) is 20.2 Å². The fraction of sp³-hybridized carbons (Fsp3) is 0.379. The Morgan fingerprint density at radius 2 is 1.87 bits per heavy atom. The quantitative estimate of drug-likeness (QED) is 0.479. The molecule has 9 heteroatoms. The number of carbonyl (C=O) groups is 3. The van der Waals surface area contributed by atoms with Gasteiger partial charge in [-0.25, -0.2) is 0 Å². The first-order chi connectivity index (χ1) is 18.4. The van der Waals surface area contributed by atoms with E-state index in [9.17, 15) is 19.5 Å². The number of benzene rings is 2. The molecule has 1 saturated heterocycles. The summed E-state index contributed by atoms with van der Waals surface area (Å²) in [5, 5.41) is 15.3. The van der Waals surface area contributed by atoms with Gasteiger partial charge in [-0.15, -0.1) is 0 Å². The third-order valence-corrected chi connectivity index (χ3v) is 8.25. The van der Waals surface area contributed by atoms with Crippen LogP contribution in [0.1, 0.15) is 70.0 Å². The zero-order valence-corrected chi connectivity index (χ0v) is 21.8. The fourth-order valence-corrected chi connectivity index (χ4v) is 5.72. The van der Waals surface area contributed by atoms with Gasteiger partial charge in [0.05, 0.1) is 33.8 Å².